The smallest absolute Gasteiger partial charge is 0.339 e. The number of carbonyl (C=O) groups is 1. The first kappa shape index (κ1) is 14.5. The average Bonchev–Trinajstić information content (AvgIpc) is 2.57. The molecule has 0 fully saturated rings. The van der Waals surface area contributed by atoms with Crippen molar-refractivity contribution in [3.63, 3.8) is 0 Å². The van der Waals surface area contributed by atoms with Crippen LogP contribution in [0.15, 0.2) is 60.2 Å². The number of benzene rings is 3. The number of fused-ring (bicyclic) bond motifs is 3. The second-order valence-electron chi connectivity index (χ2n) is 6.09. The highest BCUT2D eigenvalue weighted by Crippen LogP contribution is 2.36. The summed E-state index contributed by atoms with van der Waals surface area (Å²) in [5.41, 5.74) is 3.69. The third-order valence-electron chi connectivity index (χ3n) is 4.32. The van der Waals surface area contributed by atoms with Crippen molar-refractivity contribution in [1.29, 1.82) is 0 Å². The second-order valence-corrected chi connectivity index (χ2v) is 6.09. The number of hydrogen-bond acceptors (Lipinski definition) is 3. The SMILES string of the molecule is Cc1ccc(/C=C2\Cc3c(ccc4ccc(O)cc34)OC2=O)cc1. The lowest BCUT2D eigenvalue weighted by Gasteiger charge is -2.20. The first-order valence-corrected chi connectivity index (χ1v) is 7.84. The van der Waals surface area contributed by atoms with Gasteiger partial charge in [0.2, 0.25) is 0 Å². The number of rotatable bonds is 1. The average molecular weight is 316 g/mol. The molecule has 1 aliphatic heterocycles. The van der Waals surface area contributed by atoms with E-state index in [0.717, 1.165) is 21.9 Å². The molecule has 3 nitrogen and oxygen atoms in total. The quantitative estimate of drug-likeness (QED) is 0.411. The number of aromatic hydroxyl groups is 1. The van der Waals surface area contributed by atoms with Crippen LogP contribution in [0.3, 0.4) is 0 Å². The van der Waals surface area contributed by atoms with E-state index in [4.69, 9.17) is 4.74 Å². The van der Waals surface area contributed by atoms with Gasteiger partial charge in [0.1, 0.15) is 11.5 Å². The number of aryl methyl sites for hydroxylation is 1. The van der Waals surface area contributed by atoms with E-state index in [1.165, 1.54) is 5.56 Å². The van der Waals surface area contributed by atoms with Crippen LogP contribution in [0.25, 0.3) is 16.8 Å². The molecular formula is C21H16O3. The molecule has 0 aromatic heterocycles. The van der Waals surface area contributed by atoms with Crippen molar-refractivity contribution < 1.29 is 14.6 Å². The molecule has 0 spiro atoms. The van der Waals surface area contributed by atoms with Crippen LogP contribution in [0, 0.1) is 6.92 Å². The maximum absolute atomic E-state index is 12.3. The van der Waals surface area contributed by atoms with Gasteiger partial charge in [0, 0.05) is 17.6 Å². The molecule has 0 aliphatic carbocycles. The van der Waals surface area contributed by atoms with Gasteiger partial charge in [-0.1, -0.05) is 42.0 Å². The summed E-state index contributed by atoms with van der Waals surface area (Å²) in [5, 5.41) is 11.7. The molecule has 0 amide bonds. The van der Waals surface area contributed by atoms with Crippen molar-refractivity contribution in [2.24, 2.45) is 0 Å². The topological polar surface area (TPSA) is 46.5 Å². The molecule has 0 bridgehead atoms. The normalized spacial score (nSPS) is 15.4. The summed E-state index contributed by atoms with van der Waals surface area (Å²) in [5.74, 6) is 0.457. The lowest BCUT2D eigenvalue weighted by molar-refractivity contribution is -0.130. The first-order valence-electron chi connectivity index (χ1n) is 7.84. The second kappa shape index (κ2) is 5.53. The minimum atomic E-state index is -0.317. The summed E-state index contributed by atoms with van der Waals surface area (Å²) in [4.78, 5) is 12.3. The van der Waals surface area contributed by atoms with Crippen molar-refractivity contribution in [3.8, 4) is 11.5 Å². The molecule has 0 saturated heterocycles. The zero-order valence-electron chi connectivity index (χ0n) is 13.2. The van der Waals surface area contributed by atoms with Gasteiger partial charge in [0.15, 0.2) is 0 Å². The standard InChI is InChI=1S/C21H16O3/c1-13-2-4-14(5-3-13)10-16-11-19-18-12-17(22)8-6-15(18)7-9-20(19)24-21(16)23/h2-10,12,22H,11H2,1H3/b16-10+. The highest BCUT2D eigenvalue weighted by Gasteiger charge is 2.24. The van der Waals surface area contributed by atoms with E-state index in [1.807, 2.05) is 55.5 Å². The van der Waals surface area contributed by atoms with Gasteiger partial charge in [-0.25, -0.2) is 4.79 Å². The Bertz CT molecular complexity index is 982. The maximum Gasteiger partial charge on any atom is 0.339 e. The molecule has 0 radical (unpaired) electrons. The highest BCUT2D eigenvalue weighted by molar-refractivity contribution is 6.00. The number of carbonyl (C=O) groups excluding carboxylic acids is 1. The molecule has 118 valence electrons. The fourth-order valence-electron chi connectivity index (χ4n) is 3.03. The number of hydrogen-bond donors (Lipinski definition) is 1. The van der Waals surface area contributed by atoms with Crippen LogP contribution in [0.2, 0.25) is 0 Å². The molecule has 0 unspecified atom stereocenters. The van der Waals surface area contributed by atoms with Crippen LogP contribution in [0.1, 0.15) is 16.7 Å². The van der Waals surface area contributed by atoms with E-state index in [2.05, 4.69) is 0 Å². The van der Waals surface area contributed by atoms with Crippen LogP contribution in [0.5, 0.6) is 11.5 Å². The Balaban J connectivity index is 1.81. The molecule has 0 atom stereocenters. The van der Waals surface area contributed by atoms with Gasteiger partial charge in [0.25, 0.3) is 0 Å². The highest BCUT2D eigenvalue weighted by atomic mass is 16.5. The fourth-order valence-corrected chi connectivity index (χ4v) is 3.03. The first-order chi connectivity index (χ1) is 11.6. The van der Waals surface area contributed by atoms with E-state index in [0.29, 0.717) is 17.7 Å². The zero-order chi connectivity index (χ0) is 16.7. The summed E-state index contributed by atoms with van der Waals surface area (Å²) in [6, 6.07) is 17.0. The van der Waals surface area contributed by atoms with Gasteiger partial charge in [0.05, 0.1) is 0 Å². The van der Waals surface area contributed by atoms with Crippen LogP contribution in [0.4, 0.5) is 0 Å². The summed E-state index contributed by atoms with van der Waals surface area (Å²) in [6.07, 6.45) is 2.36. The summed E-state index contributed by atoms with van der Waals surface area (Å²) < 4.78 is 5.50. The van der Waals surface area contributed by atoms with Crippen molar-refractivity contribution >= 4 is 22.8 Å². The Morgan fingerprint density at radius 2 is 1.79 bits per heavy atom. The van der Waals surface area contributed by atoms with Crippen molar-refractivity contribution in [2.45, 2.75) is 13.3 Å². The van der Waals surface area contributed by atoms with Gasteiger partial charge < -0.3 is 9.84 Å². The molecule has 0 saturated carbocycles. The van der Waals surface area contributed by atoms with Crippen molar-refractivity contribution in [3.05, 3.63) is 76.9 Å². The number of ether oxygens (including phenoxy) is 1. The van der Waals surface area contributed by atoms with E-state index in [-0.39, 0.29) is 11.7 Å². The van der Waals surface area contributed by atoms with Gasteiger partial charge in [-0.15, -0.1) is 0 Å². The van der Waals surface area contributed by atoms with Gasteiger partial charge in [-0.05, 0) is 47.5 Å². The van der Waals surface area contributed by atoms with Crippen LogP contribution < -0.4 is 4.74 Å². The third kappa shape index (κ3) is 2.54. The van der Waals surface area contributed by atoms with Crippen molar-refractivity contribution in [2.75, 3.05) is 0 Å². The molecule has 4 rings (SSSR count). The van der Waals surface area contributed by atoms with Crippen LogP contribution in [-0.2, 0) is 11.2 Å². The Labute approximate surface area is 139 Å². The van der Waals surface area contributed by atoms with Crippen LogP contribution >= 0.6 is 0 Å². The molecular weight excluding hydrogens is 300 g/mol. The van der Waals surface area contributed by atoms with Crippen LogP contribution in [-0.4, -0.2) is 11.1 Å². The Morgan fingerprint density at radius 1 is 1.04 bits per heavy atom. The number of esters is 1. The predicted octanol–water partition coefficient (Wildman–Crippen LogP) is 4.40. The molecule has 3 aromatic carbocycles. The minimum Gasteiger partial charge on any atom is -0.508 e. The minimum absolute atomic E-state index is 0.205. The molecule has 1 heterocycles. The molecule has 1 N–H and O–H groups in total. The maximum atomic E-state index is 12.3. The Hall–Kier alpha value is -3.07. The van der Waals surface area contributed by atoms with E-state index >= 15 is 0 Å². The monoisotopic (exact) mass is 316 g/mol. The van der Waals surface area contributed by atoms with Gasteiger partial charge in [-0.2, -0.15) is 0 Å². The molecule has 3 aromatic rings. The Kier molecular flexibility index (Phi) is 3.35. The van der Waals surface area contributed by atoms with Gasteiger partial charge >= 0.3 is 5.97 Å². The lowest BCUT2D eigenvalue weighted by atomic mass is 9.94. The fraction of sp³-hybridized carbons (Fsp3) is 0.0952. The lowest BCUT2D eigenvalue weighted by Crippen LogP contribution is -2.19. The van der Waals surface area contributed by atoms with Crippen molar-refractivity contribution in [1.82, 2.24) is 0 Å². The molecule has 3 heteroatoms. The Morgan fingerprint density at radius 3 is 2.58 bits per heavy atom. The summed E-state index contributed by atoms with van der Waals surface area (Å²) in [6.45, 7) is 2.03. The molecule has 1 aliphatic rings. The number of phenolic OH excluding ortho intramolecular Hbond substituents is 1. The predicted molar refractivity (Wildman–Crippen MR) is 94.1 cm³/mol. The third-order valence-corrected chi connectivity index (χ3v) is 4.32. The molecule has 24 heavy (non-hydrogen) atoms. The van der Waals surface area contributed by atoms with E-state index in [1.54, 1.807) is 12.1 Å². The summed E-state index contributed by atoms with van der Waals surface area (Å²) in [7, 11) is 0. The number of phenols is 1. The summed E-state index contributed by atoms with van der Waals surface area (Å²) >= 11 is 0. The zero-order valence-corrected chi connectivity index (χ0v) is 13.2. The van der Waals surface area contributed by atoms with E-state index < -0.39 is 0 Å². The van der Waals surface area contributed by atoms with E-state index in [9.17, 15) is 9.90 Å². The largest absolute Gasteiger partial charge is 0.508 e. The van der Waals surface area contributed by atoms with Gasteiger partial charge in [-0.3, -0.25) is 0 Å².